The smallest absolute Gasteiger partial charge is 0.434 e. The Morgan fingerprint density at radius 1 is 0.905 bits per heavy atom. The molecule has 0 aromatic rings. The Kier molecular flexibility index (Phi) is 8.82. The van der Waals surface area contributed by atoms with Crippen LogP contribution in [0, 0.1) is 5.41 Å². The number of allylic oxidation sites excluding steroid dienone is 1. The molecule has 116 valence electrons. The molecule has 0 saturated carbocycles. The van der Waals surface area contributed by atoms with Crippen molar-refractivity contribution in [2.75, 3.05) is 13.2 Å². The van der Waals surface area contributed by atoms with Gasteiger partial charge in [-0.25, -0.2) is 14.4 Å². The lowest BCUT2D eigenvalue weighted by Crippen LogP contribution is -2.16. The highest BCUT2D eigenvalue weighted by Crippen LogP contribution is 1.95. The summed E-state index contributed by atoms with van der Waals surface area (Å²) in [5.74, 6) is -2.44. The van der Waals surface area contributed by atoms with E-state index in [1.807, 2.05) is 0 Å². The first-order chi connectivity index (χ1) is 9.88. The van der Waals surface area contributed by atoms with Crippen molar-refractivity contribution in [2.45, 2.75) is 20.3 Å². The molecule has 0 aliphatic heterocycles. The molecule has 0 radical (unpaired) electrons. The summed E-state index contributed by atoms with van der Waals surface area (Å²) in [5, 5.41) is 7.21. The molecule has 0 fully saturated rings. The van der Waals surface area contributed by atoms with Gasteiger partial charge in [0.25, 0.3) is 0 Å². The van der Waals surface area contributed by atoms with Crippen molar-refractivity contribution >= 4 is 30.0 Å². The van der Waals surface area contributed by atoms with Crippen LogP contribution >= 0.6 is 0 Å². The molecular weight excluding hydrogens is 286 g/mol. The van der Waals surface area contributed by atoms with Crippen LogP contribution in [-0.2, 0) is 28.5 Å². The normalized spacial score (nSPS) is 9.81. The predicted molar refractivity (Wildman–Crippen MR) is 67.7 cm³/mol. The number of rotatable bonds is 6. The van der Waals surface area contributed by atoms with Gasteiger partial charge in [0.2, 0.25) is 5.90 Å². The maximum absolute atomic E-state index is 11.3. The minimum atomic E-state index is -1.18. The molecule has 9 nitrogen and oxygen atoms in total. The van der Waals surface area contributed by atoms with Gasteiger partial charge in [-0.3, -0.25) is 10.2 Å². The van der Waals surface area contributed by atoms with Crippen molar-refractivity contribution in [1.82, 2.24) is 0 Å². The SMILES string of the molecule is CCOC(=O)OC(=N)CC(=O)/C=C\C(=O)OC(=O)OCC. The minimum absolute atomic E-state index is 0.0388. The maximum atomic E-state index is 11.3. The third-order valence-corrected chi connectivity index (χ3v) is 1.65. The lowest BCUT2D eigenvalue weighted by Gasteiger charge is -2.03. The summed E-state index contributed by atoms with van der Waals surface area (Å²) in [7, 11) is 0. The van der Waals surface area contributed by atoms with Crippen LogP contribution in [0.4, 0.5) is 9.59 Å². The van der Waals surface area contributed by atoms with Crippen molar-refractivity contribution in [1.29, 1.82) is 5.41 Å². The molecule has 0 amide bonds. The summed E-state index contributed by atoms with van der Waals surface area (Å²) in [4.78, 5) is 44.0. The average molecular weight is 301 g/mol. The summed E-state index contributed by atoms with van der Waals surface area (Å²) in [6.07, 6.45) is -1.36. The highest BCUT2D eigenvalue weighted by Gasteiger charge is 2.12. The van der Waals surface area contributed by atoms with Crippen LogP contribution in [0.2, 0.25) is 0 Å². The molecule has 9 heteroatoms. The van der Waals surface area contributed by atoms with Gasteiger partial charge in [0, 0.05) is 6.08 Å². The van der Waals surface area contributed by atoms with Gasteiger partial charge >= 0.3 is 18.3 Å². The molecular formula is C12H15NO8. The third-order valence-electron chi connectivity index (χ3n) is 1.65. The van der Waals surface area contributed by atoms with Crippen molar-refractivity contribution < 1.29 is 38.1 Å². The quantitative estimate of drug-likeness (QED) is 0.256. The van der Waals surface area contributed by atoms with Gasteiger partial charge in [-0.2, -0.15) is 0 Å². The molecule has 0 unspecified atom stereocenters. The summed E-state index contributed by atoms with van der Waals surface area (Å²) >= 11 is 0. The molecule has 1 N–H and O–H groups in total. The van der Waals surface area contributed by atoms with Crippen LogP contribution in [0.3, 0.4) is 0 Å². The maximum Gasteiger partial charge on any atom is 0.516 e. The Morgan fingerprint density at radius 3 is 1.95 bits per heavy atom. The molecule has 0 aliphatic rings. The van der Waals surface area contributed by atoms with Gasteiger partial charge in [0.15, 0.2) is 5.78 Å². The monoisotopic (exact) mass is 301 g/mol. The second kappa shape index (κ2) is 10.1. The number of nitrogens with one attached hydrogen (secondary N) is 1. The lowest BCUT2D eigenvalue weighted by atomic mass is 10.2. The fourth-order valence-corrected chi connectivity index (χ4v) is 0.926. The Balaban J connectivity index is 4.15. The zero-order valence-corrected chi connectivity index (χ0v) is 11.5. The number of ether oxygens (including phenoxy) is 4. The van der Waals surface area contributed by atoms with Crippen LogP contribution in [-0.4, -0.2) is 43.2 Å². The zero-order chi connectivity index (χ0) is 16.3. The number of carbonyl (C=O) groups is 4. The highest BCUT2D eigenvalue weighted by molar-refractivity contribution is 6.06. The highest BCUT2D eigenvalue weighted by atomic mass is 16.7. The van der Waals surface area contributed by atoms with E-state index in [1.165, 1.54) is 6.92 Å². The van der Waals surface area contributed by atoms with E-state index in [0.29, 0.717) is 6.08 Å². The first-order valence-electron chi connectivity index (χ1n) is 5.90. The molecule has 0 aromatic heterocycles. The predicted octanol–water partition coefficient (Wildman–Crippen LogP) is 1.35. The number of carbonyl (C=O) groups excluding carboxylic acids is 4. The van der Waals surface area contributed by atoms with Crippen molar-refractivity contribution in [2.24, 2.45) is 0 Å². The van der Waals surface area contributed by atoms with Crippen molar-refractivity contribution in [3.05, 3.63) is 12.2 Å². The van der Waals surface area contributed by atoms with E-state index in [2.05, 4.69) is 18.9 Å². The standard InChI is InChI=1S/C12H15NO8/c1-3-18-11(16)20-9(13)7-8(14)5-6-10(15)21-12(17)19-4-2/h5-6,13H,3-4,7H2,1-2H3/b6-5-,13-9?. The minimum Gasteiger partial charge on any atom is -0.434 e. The Hall–Kier alpha value is -2.71. The summed E-state index contributed by atoms with van der Waals surface area (Å²) < 4.78 is 17.2. The molecule has 0 spiro atoms. The summed E-state index contributed by atoms with van der Waals surface area (Å²) in [6.45, 7) is 3.19. The van der Waals surface area contributed by atoms with Crippen LogP contribution in [0.1, 0.15) is 20.3 Å². The molecule has 0 heterocycles. The fraction of sp³-hybridized carbons (Fsp3) is 0.417. The topological polar surface area (TPSA) is 129 Å². The molecule has 0 aromatic carbocycles. The van der Waals surface area contributed by atoms with Gasteiger partial charge < -0.3 is 18.9 Å². The van der Waals surface area contributed by atoms with E-state index in [0.717, 1.165) is 6.08 Å². The average Bonchev–Trinajstić information content (AvgIpc) is 2.36. The van der Waals surface area contributed by atoms with Gasteiger partial charge in [0.05, 0.1) is 19.6 Å². The van der Waals surface area contributed by atoms with Gasteiger partial charge in [-0.15, -0.1) is 0 Å². The number of ketones is 1. The largest absolute Gasteiger partial charge is 0.516 e. The number of hydrogen-bond donors (Lipinski definition) is 1. The van der Waals surface area contributed by atoms with E-state index in [9.17, 15) is 19.2 Å². The number of esters is 1. The van der Waals surface area contributed by atoms with Crippen LogP contribution in [0.25, 0.3) is 0 Å². The van der Waals surface area contributed by atoms with Crippen LogP contribution in [0.5, 0.6) is 0 Å². The summed E-state index contributed by atoms with van der Waals surface area (Å²) in [6, 6.07) is 0. The molecule has 0 saturated heterocycles. The van der Waals surface area contributed by atoms with E-state index in [-0.39, 0.29) is 13.2 Å². The Labute approximate surface area is 120 Å². The Morgan fingerprint density at radius 2 is 1.43 bits per heavy atom. The number of hydrogen-bond acceptors (Lipinski definition) is 9. The van der Waals surface area contributed by atoms with Crippen LogP contribution in [0.15, 0.2) is 12.2 Å². The van der Waals surface area contributed by atoms with E-state index < -0.39 is 36.4 Å². The summed E-state index contributed by atoms with van der Waals surface area (Å²) in [5.41, 5.74) is 0. The Bertz CT molecular complexity index is 454. The van der Waals surface area contributed by atoms with E-state index in [1.54, 1.807) is 6.92 Å². The third kappa shape index (κ3) is 9.82. The second-order valence-corrected chi connectivity index (χ2v) is 3.29. The van der Waals surface area contributed by atoms with E-state index in [4.69, 9.17) is 5.41 Å². The second-order valence-electron chi connectivity index (χ2n) is 3.29. The fourth-order valence-electron chi connectivity index (χ4n) is 0.926. The zero-order valence-electron chi connectivity index (χ0n) is 11.5. The molecule has 21 heavy (non-hydrogen) atoms. The van der Waals surface area contributed by atoms with Gasteiger partial charge in [0.1, 0.15) is 0 Å². The van der Waals surface area contributed by atoms with Gasteiger partial charge in [-0.05, 0) is 19.9 Å². The molecule has 0 bridgehead atoms. The lowest BCUT2D eigenvalue weighted by molar-refractivity contribution is -0.134. The molecule has 0 atom stereocenters. The first kappa shape index (κ1) is 18.3. The van der Waals surface area contributed by atoms with Crippen molar-refractivity contribution in [3.8, 4) is 0 Å². The first-order valence-corrected chi connectivity index (χ1v) is 5.90. The van der Waals surface area contributed by atoms with E-state index >= 15 is 0 Å². The van der Waals surface area contributed by atoms with Gasteiger partial charge in [-0.1, -0.05) is 0 Å². The van der Waals surface area contributed by atoms with Crippen molar-refractivity contribution in [3.63, 3.8) is 0 Å². The molecule has 0 rings (SSSR count). The van der Waals surface area contributed by atoms with Crippen LogP contribution < -0.4 is 0 Å². The molecule has 0 aliphatic carbocycles.